The van der Waals surface area contributed by atoms with E-state index in [-0.39, 0.29) is 0 Å². The van der Waals surface area contributed by atoms with Gasteiger partial charge in [-0.1, -0.05) is 12.1 Å². The van der Waals surface area contributed by atoms with Crippen LogP contribution in [0, 0.1) is 0 Å². The van der Waals surface area contributed by atoms with Crippen molar-refractivity contribution in [2.45, 2.75) is 12.8 Å². The van der Waals surface area contributed by atoms with Gasteiger partial charge < -0.3 is 26.0 Å². The van der Waals surface area contributed by atoms with E-state index in [4.69, 9.17) is 5.11 Å². The number of carboxylic acid groups (broad SMARTS) is 1. The number of H-pyrrole nitrogens is 1. The lowest BCUT2D eigenvalue weighted by atomic mass is 9.99. The number of rotatable bonds is 9. The standard InChI is InChI=1S/C27H27N7O2/c35-25(36)7-4-19-16-32-27(34-26(19)30-14-10-20-3-1-2-11-29-20)33-21-5-6-24-22(15-21)23(17-31-24)18-8-12-28-13-9-18/h1-8,11,15-17,28,31H,9-10,12-14H2,(H,35,36)(H2,30,32,33,34)/b7-4+. The lowest BCUT2D eigenvalue weighted by Crippen LogP contribution is -2.19. The molecule has 0 amide bonds. The number of nitrogens with one attached hydrogen (secondary N) is 4. The molecule has 5 rings (SSSR count). The van der Waals surface area contributed by atoms with Gasteiger partial charge in [0.15, 0.2) is 0 Å². The molecule has 1 aliphatic rings. The van der Waals surface area contributed by atoms with Crippen LogP contribution in [0.5, 0.6) is 0 Å². The first-order valence-electron chi connectivity index (χ1n) is 11.9. The Morgan fingerprint density at radius 2 is 2.14 bits per heavy atom. The van der Waals surface area contributed by atoms with Crippen molar-refractivity contribution in [3.8, 4) is 0 Å². The summed E-state index contributed by atoms with van der Waals surface area (Å²) in [4.78, 5) is 27.8. The molecule has 1 aliphatic heterocycles. The number of anilines is 3. The van der Waals surface area contributed by atoms with Crippen LogP contribution < -0.4 is 16.0 Å². The van der Waals surface area contributed by atoms with Crippen molar-refractivity contribution in [3.63, 3.8) is 0 Å². The highest BCUT2D eigenvalue weighted by Gasteiger charge is 2.12. The minimum absolute atomic E-state index is 0.417. The van der Waals surface area contributed by atoms with Crippen LogP contribution in [0.1, 0.15) is 23.2 Å². The summed E-state index contributed by atoms with van der Waals surface area (Å²) >= 11 is 0. The number of hydrogen-bond donors (Lipinski definition) is 5. The number of hydrogen-bond acceptors (Lipinski definition) is 7. The number of pyridine rings is 1. The molecule has 0 saturated carbocycles. The molecule has 36 heavy (non-hydrogen) atoms. The van der Waals surface area contributed by atoms with Crippen molar-refractivity contribution in [1.29, 1.82) is 0 Å². The van der Waals surface area contributed by atoms with Gasteiger partial charge in [0.25, 0.3) is 0 Å². The van der Waals surface area contributed by atoms with E-state index in [0.29, 0.717) is 30.3 Å². The third-order valence-electron chi connectivity index (χ3n) is 5.97. The quantitative estimate of drug-likeness (QED) is 0.225. The molecule has 0 aliphatic carbocycles. The maximum absolute atomic E-state index is 11.0. The number of fused-ring (bicyclic) bond motifs is 1. The average molecular weight is 482 g/mol. The lowest BCUT2D eigenvalue weighted by molar-refractivity contribution is -0.131. The number of carboxylic acids is 1. The molecule has 182 valence electrons. The number of benzene rings is 1. The summed E-state index contributed by atoms with van der Waals surface area (Å²) in [5.41, 5.74) is 6.03. The predicted octanol–water partition coefficient (Wildman–Crippen LogP) is 4.23. The molecule has 0 atom stereocenters. The molecule has 3 aromatic heterocycles. The first-order chi connectivity index (χ1) is 17.7. The normalized spacial score (nSPS) is 13.6. The Balaban J connectivity index is 1.38. The Kier molecular flexibility index (Phi) is 7.00. The third kappa shape index (κ3) is 5.59. The Bertz CT molecular complexity index is 1430. The predicted molar refractivity (Wildman–Crippen MR) is 142 cm³/mol. The first kappa shape index (κ1) is 23.3. The molecule has 9 heteroatoms. The molecule has 0 radical (unpaired) electrons. The van der Waals surface area contributed by atoms with Gasteiger partial charge in [0, 0.05) is 77.6 Å². The van der Waals surface area contributed by atoms with Gasteiger partial charge in [0.1, 0.15) is 5.82 Å². The smallest absolute Gasteiger partial charge is 0.328 e. The van der Waals surface area contributed by atoms with E-state index in [1.54, 1.807) is 12.4 Å². The molecule has 0 spiro atoms. The maximum atomic E-state index is 11.0. The highest BCUT2D eigenvalue weighted by molar-refractivity contribution is 5.95. The SMILES string of the molecule is O=C(O)/C=C/c1cnc(Nc2ccc3[nH]cc(C4=CCNCC4)c3c2)nc1NCCc1ccccn1. The van der Waals surface area contributed by atoms with Crippen LogP contribution in [0.25, 0.3) is 22.6 Å². The van der Waals surface area contributed by atoms with Crippen LogP contribution in [0.3, 0.4) is 0 Å². The van der Waals surface area contributed by atoms with Crippen molar-refractivity contribution in [2.75, 3.05) is 30.3 Å². The van der Waals surface area contributed by atoms with Crippen LogP contribution in [0.2, 0.25) is 0 Å². The summed E-state index contributed by atoms with van der Waals surface area (Å²) in [7, 11) is 0. The minimum atomic E-state index is -1.03. The molecule has 0 fully saturated rings. The van der Waals surface area contributed by atoms with Gasteiger partial charge in [-0.05, 0) is 54.9 Å². The molecule has 0 bridgehead atoms. The minimum Gasteiger partial charge on any atom is -0.478 e. The van der Waals surface area contributed by atoms with Crippen molar-refractivity contribution >= 4 is 46.0 Å². The van der Waals surface area contributed by atoms with Crippen molar-refractivity contribution in [3.05, 3.63) is 84.0 Å². The number of aliphatic carboxylic acids is 1. The molecule has 1 aromatic carbocycles. The van der Waals surface area contributed by atoms with Crippen LogP contribution in [0.15, 0.2) is 67.1 Å². The van der Waals surface area contributed by atoms with Gasteiger partial charge in [-0.15, -0.1) is 0 Å². The van der Waals surface area contributed by atoms with Gasteiger partial charge in [-0.3, -0.25) is 4.98 Å². The third-order valence-corrected chi connectivity index (χ3v) is 5.97. The second kappa shape index (κ2) is 10.8. The van der Waals surface area contributed by atoms with Gasteiger partial charge in [-0.2, -0.15) is 4.98 Å². The zero-order chi connectivity index (χ0) is 24.7. The maximum Gasteiger partial charge on any atom is 0.328 e. The average Bonchev–Trinajstić information content (AvgIpc) is 3.33. The fourth-order valence-corrected chi connectivity index (χ4v) is 4.19. The highest BCUT2D eigenvalue weighted by atomic mass is 16.4. The fraction of sp³-hybridized carbons (Fsp3) is 0.185. The Hall–Kier alpha value is -4.50. The van der Waals surface area contributed by atoms with Crippen LogP contribution in [-0.2, 0) is 11.2 Å². The van der Waals surface area contributed by atoms with Crippen molar-refractivity contribution in [2.24, 2.45) is 0 Å². The molecule has 4 aromatic rings. The summed E-state index contributed by atoms with van der Waals surface area (Å²) in [5, 5.41) is 20.1. The monoisotopic (exact) mass is 481 g/mol. The topological polar surface area (TPSA) is 128 Å². The summed E-state index contributed by atoms with van der Waals surface area (Å²) < 4.78 is 0. The second-order valence-electron chi connectivity index (χ2n) is 8.44. The van der Waals surface area contributed by atoms with E-state index in [2.05, 4.69) is 54.2 Å². The summed E-state index contributed by atoms with van der Waals surface area (Å²) in [6.07, 6.45) is 11.9. The molecule has 9 nitrogen and oxygen atoms in total. The van der Waals surface area contributed by atoms with E-state index in [1.165, 1.54) is 17.2 Å². The molecule has 0 saturated heterocycles. The lowest BCUT2D eigenvalue weighted by Gasteiger charge is -2.14. The summed E-state index contributed by atoms with van der Waals surface area (Å²) in [6.45, 7) is 2.44. The van der Waals surface area contributed by atoms with Gasteiger partial charge in [-0.25, -0.2) is 9.78 Å². The fourth-order valence-electron chi connectivity index (χ4n) is 4.19. The van der Waals surface area contributed by atoms with Crippen LogP contribution in [-0.4, -0.2) is 50.6 Å². The first-order valence-corrected chi connectivity index (χ1v) is 11.9. The van der Waals surface area contributed by atoms with E-state index in [1.807, 2.05) is 30.3 Å². The van der Waals surface area contributed by atoms with Crippen molar-refractivity contribution < 1.29 is 9.90 Å². The molecular weight excluding hydrogens is 454 g/mol. The zero-order valence-electron chi connectivity index (χ0n) is 19.7. The van der Waals surface area contributed by atoms with E-state index >= 15 is 0 Å². The molecular formula is C27H27N7O2. The van der Waals surface area contributed by atoms with Gasteiger partial charge >= 0.3 is 5.97 Å². The number of nitrogens with zero attached hydrogens (tertiary/aromatic N) is 3. The van der Waals surface area contributed by atoms with E-state index < -0.39 is 5.97 Å². The number of aromatic amines is 1. The Morgan fingerprint density at radius 1 is 1.19 bits per heavy atom. The largest absolute Gasteiger partial charge is 0.478 e. The number of aromatic nitrogens is 4. The Morgan fingerprint density at radius 3 is 2.94 bits per heavy atom. The molecule has 5 N–H and O–H groups in total. The second-order valence-corrected chi connectivity index (χ2v) is 8.44. The van der Waals surface area contributed by atoms with E-state index in [0.717, 1.165) is 47.9 Å². The Labute approximate surface area is 208 Å². The van der Waals surface area contributed by atoms with Gasteiger partial charge in [0.2, 0.25) is 5.95 Å². The molecule has 0 unspecified atom stereocenters. The van der Waals surface area contributed by atoms with E-state index in [9.17, 15) is 4.79 Å². The van der Waals surface area contributed by atoms with Crippen molar-refractivity contribution in [1.82, 2.24) is 25.3 Å². The highest BCUT2D eigenvalue weighted by Crippen LogP contribution is 2.30. The number of carbonyl (C=O) groups is 1. The van der Waals surface area contributed by atoms with Gasteiger partial charge in [0.05, 0.1) is 0 Å². The summed E-state index contributed by atoms with van der Waals surface area (Å²) in [6, 6.07) is 11.9. The van der Waals surface area contributed by atoms with Crippen LogP contribution in [0.4, 0.5) is 17.5 Å². The van der Waals surface area contributed by atoms with Crippen LogP contribution >= 0.6 is 0 Å². The summed E-state index contributed by atoms with van der Waals surface area (Å²) in [5.74, 6) is -0.0689. The zero-order valence-corrected chi connectivity index (χ0v) is 19.7. The molecule has 4 heterocycles.